The number of aromatic nitrogens is 1. The molecule has 0 spiro atoms. The van der Waals surface area contributed by atoms with Gasteiger partial charge in [-0.1, -0.05) is 29.3 Å². The average Bonchev–Trinajstić information content (AvgIpc) is 2.32. The molecule has 0 aliphatic carbocycles. The van der Waals surface area contributed by atoms with E-state index in [4.69, 9.17) is 28.9 Å². The molecule has 5 heteroatoms. The number of anilines is 1. The number of nitrogens with zero attached hydrogens (tertiary/aromatic N) is 1. The predicted molar refractivity (Wildman–Crippen MR) is 74.7 cm³/mol. The molecular formula is C12H10Cl2N2S. The van der Waals surface area contributed by atoms with Crippen LogP contribution >= 0.6 is 35.0 Å². The summed E-state index contributed by atoms with van der Waals surface area (Å²) in [6, 6.07) is 7.53. The van der Waals surface area contributed by atoms with Crippen LogP contribution in [0, 0.1) is 0 Å². The van der Waals surface area contributed by atoms with E-state index in [2.05, 4.69) is 4.98 Å². The summed E-state index contributed by atoms with van der Waals surface area (Å²) in [5.41, 5.74) is 7.61. The lowest BCUT2D eigenvalue weighted by Crippen LogP contribution is -1.90. The van der Waals surface area contributed by atoms with E-state index in [1.165, 1.54) is 0 Å². The monoisotopic (exact) mass is 284 g/mol. The molecule has 0 radical (unpaired) electrons. The summed E-state index contributed by atoms with van der Waals surface area (Å²) >= 11 is 13.5. The van der Waals surface area contributed by atoms with Crippen LogP contribution in [0.1, 0.15) is 5.56 Å². The standard InChI is InChI=1S/C12H10Cl2N2S/c13-9-2-1-8(5-10(9)14)7-17-12-3-4-16-6-11(12)15/h1-6H,7,15H2. The summed E-state index contributed by atoms with van der Waals surface area (Å²) in [7, 11) is 0. The maximum absolute atomic E-state index is 5.95. The molecule has 0 aliphatic rings. The van der Waals surface area contributed by atoms with Crippen LogP contribution in [-0.4, -0.2) is 4.98 Å². The van der Waals surface area contributed by atoms with Crippen molar-refractivity contribution in [3.8, 4) is 0 Å². The van der Waals surface area contributed by atoms with E-state index < -0.39 is 0 Å². The Kier molecular flexibility index (Phi) is 4.15. The number of nitrogens with two attached hydrogens (primary N) is 1. The largest absolute Gasteiger partial charge is 0.397 e. The molecule has 0 amide bonds. The van der Waals surface area contributed by atoms with Gasteiger partial charge in [-0.25, -0.2) is 0 Å². The molecular weight excluding hydrogens is 275 g/mol. The van der Waals surface area contributed by atoms with E-state index in [1.54, 1.807) is 30.2 Å². The highest BCUT2D eigenvalue weighted by molar-refractivity contribution is 7.98. The third-order valence-electron chi connectivity index (χ3n) is 2.19. The predicted octanol–water partition coefficient (Wildman–Crippen LogP) is 4.26. The smallest absolute Gasteiger partial charge is 0.0638 e. The average molecular weight is 285 g/mol. The first-order valence-corrected chi connectivity index (χ1v) is 6.67. The Morgan fingerprint density at radius 3 is 2.71 bits per heavy atom. The van der Waals surface area contributed by atoms with E-state index in [-0.39, 0.29) is 0 Å². The first kappa shape index (κ1) is 12.6. The summed E-state index contributed by atoms with van der Waals surface area (Å²) in [5.74, 6) is 0.797. The quantitative estimate of drug-likeness (QED) is 0.856. The lowest BCUT2D eigenvalue weighted by molar-refractivity contribution is 1.26. The van der Waals surface area contributed by atoms with Gasteiger partial charge in [-0.05, 0) is 23.8 Å². The van der Waals surface area contributed by atoms with E-state index in [1.807, 2.05) is 18.2 Å². The van der Waals surface area contributed by atoms with Gasteiger partial charge in [0.05, 0.1) is 21.9 Å². The summed E-state index contributed by atoms with van der Waals surface area (Å²) in [6.45, 7) is 0. The number of rotatable bonds is 3. The lowest BCUT2D eigenvalue weighted by Gasteiger charge is -2.05. The van der Waals surface area contributed by atoms with Gasteiger partial charge in [-0.2, -0.15) is 0 Å². The summed E-state index contributed by atoms with van der Waals surface area (Å²) in [4.78, 5) is 4.97. The third kappa shape index (κ3) is 3.28. The van der Waals surface area contributed by atoms with Crippen LogP contribution in [0.2, 0.25) is 10.0 Å². The minimum atomic E-state index is 0.573. The van der Waals surface area contributed by atoms with Crippen LogP contribution in [0.4, 0.5) is 5.69 Å². The Balaban J connectivity index is 2.08. The minimum absolute atomic E-state index is 0.573. The van der Waals surface area contributed by atoms with Crippen molar-refractivity contribution in [2.24, 2.45) is 0 Å². The van der Waals surface area contributed by atoms with Gasteiger partial charge >= 0.3 is 0 Å². The van der Waals surface area contributed by atoms with Gasteiger partial charge in [0, 0.05) is 16.8 Å². The van der Waals surface area contributed by atoms with Gasteiger partial charge < -0.3 is 5.73 Å². The van der Waals surface area contributed by atoms with E-state index in [0.717, 1.165) is 16.2 Å². The molecule has 1 heterocycles. The van der Waals surface area contributed by atoms with Crippen LogP contribution in [0.25, 0.3) is 0 Å². The van der Waals surface area contributed by atoms with Crippen molar-refractivity contribution in [2.45, 2.75) is 10.6 Å². The first-order valence-electron chi connectivity index (χ1n) is 4.93. The summed E-state index contributed by atoms with van der Waals surface area (Å²) in [6.07, 6.45) is 3.38. The number of thioether (sulfide) groups is 1. The molecule has 2 nitrogen and oxygen atoms in total. The fourth-order valence-corrected chi connectivity index (χ4v) is 2.51. The zero-order valence-electron chi connectivity index (χ0n) is 8.86. The van der Waals surface area contributed by atoms with Gasteiger partial charge in [-0.15, -0.1) is 11.8 Å². The van der Waals surface area contributed by atoms with Crippen molar-refractivity contribution in [1.29, 1.82) is 0 Å². The second-order valence-corrected chi connectivity index (χ2v) is 5.28. The Bertz CT molecular complexity index is 532. The highest BCUT2D eigenvalue weighted by atomic mass is 35.5. The molecule has 0 saturated carbocycles. The highest BCUT2D eigenvalue weighted by Gasteiger charge is 2.02. The number of halogens is 2. The summed E-state index contributed by atoms with van der Waals surface area (Å²) in [5, 5.41) is 1.15. The fourth-order valence-electron chi connectivity index (χ4n) is 1.32. The van der Waals surface area contributed by atoms with Gasteiger partial charge in [0.25, 0.3) is 0 Å². The van der Waals surface area contributed by atoms with Crippen LogP contribution in [0.15, 0.2) is 41.6 Å². The molecule has 2 aromatic rings. The molecule has 0 atom stereocenters. The molecule has 2 rings (SSSR count). The molecule has 88 valence electrons. The molecule has 0 unspecified atom stereocenters. The molecule has 1 aromatic carbocycles. The Morgan fingerprint density at radius 1 is 1.18 bits per heavy atom. The van der Waals surface area contributed by atoms with E-state index in [9.17, 15) is 0 Å². The number of benzene rings is 1. The minimum Gasteiger partial charge on any atom is -0.397 e. The van der Waals surface area contributed by atoms with Gasteiger partial charge in [0.2, 0.25) is 0 Å². The van der Waals surface area contributed by atoms with E-state index in [0.29, 0.717) is 15.7 Å². The Hall–Kier alpha value is -0.900. The van der Waals surface area contributed by atoms with Crippen LogP contribution in [-0.2, 0) is 5.75 Å². The summed E-state index contributed by atoms with van der Waals surface area (Å²) < 4.78 is 0. The molecule has 0 aliphatic heterocycles. The molecule has 0 bridgehead atoms. The molecule has 1 aromatic heterocycles. The van der Waals surface area contributed by atoms with Crippen molar-refractivity contribution >= 4 is 40.7 Å². The molecule has 17 heavy (non-hydrogen) atoms. The zero-order chi connectivity index (χ0) is 12.3. The van der Waals surface area contributed by atoms with Gasteiger partial charge in [-0.3, -0.25) is 4.98 Å². The van der Waals surface area contributed by atoms with Crippen LogP contribution in [0.3, 0.4) is 0 Å². The van der Waals surface area contributed by atoms with Crippen molar-refractivity contribution in [1.82, 2.24) is 4.98 Å². The molecule has 0 fully saturated rings. The van der Waals surface area contributed by atoms with Crippen LogP contribution < -0.4 is 5.73 Å². The molecule has 0 saturated heterocycles. The third-order valence-corrected chi connectivity index (χ3v) is 4.09. The van der Waals surface area contributed by atoms with Crippen molar-refractivity contribution in [2.75, 3.05) is 5.73 Å². The maximum atomic E-state index is 5.95. The second-order valence-electron chi connectivity index (χ2n) is 3.45. The maximum Gasteiger partial charge on any atom is 0.0638 e. The number of hydrogen-bond donors (Lipinski definition) is 1. The second kappa shape index (κ2) is 5.63. The van der Waals surface area contributed by atoms with E-state index >= 15 is 0 Å². The zero-order valence-corrected chi connectivity index (χ0v) is 11.2. The normalized spacial score (nSPS) is 10.5. The topological polar surface area (TPSA) is 38.9 Å². The van der Waals surface area contributed by atoms with Crippen LogP contribution in [0.5, 0.6) is 0 Å². The number of nitrogen functional groups attached to an aromatic ring is 1. The van der Waals surface area contributed by atoms with Gasteiger partial charge in [0.1, 0.15) is 0 Å². The molecule has 2 N–H and O–H groups in total. The highest BCUT2D eigenvalue weighted by Crippen LogP contribution is 2.29. The fraction of sp³-hybridized carbons (Fsp3) is 0.0833. The Labute approximate surface area is 114 Å². The Morgan fingerprint density at radius 2 is 2.00 bits per heavy atom. The number of pyridine rings is 1. The number of hydrogen-bond acceptors (Lipinski definition) is 3. The SMILES string of the molecule is Nc1cnccc1SCc1ccc(Cl)c(Cl)c1. The van der Waals surface area contributed by atoms with Crippen molar-refractivity contribution < 1.29 is 0 Å². The first-order chi connectivity index (χ1) is 8.16. The van der Waals surface area contributed by atoms with Crippen molar-refractivity contribution in [3.63, 3.8) is 0 Å². The lowest BCUT2D eigenvalue weighted by atomic mass is 10.2. The van der Waals surface area contributed by atoms with Gasteiger partial charge in [0.15, 0.2) is 0 Å². The van der Waals surface area contributed by atoms with Crippen molar-refractivity contribution in [3.05, 3.63) is 52.3 Å².